The number of halogens is 2. The average molecular weight is 315 g/mol. The number of aromatic amines is 2. The first-order valence-electron chi connectivity index (χ1n) is 4.67. The average Bonchev–Trinajstić information content (AvgIpc) is 2.83. The molecule has 0 aliphatic rings. The number of fused-ring (bicyclic) bond motifs is 1. The van der Waals surface area contributed by atoms with Gasteiger partial charge in [-0.2, -0.15) is 0 Å². The molecular formula is C10H5BrClN3O2. The second-order valence-corrected chi connectivity index (χ2v) is 4.72. The van der Waals surface area contributed by atoms with Crippen LogP contribution in [0, 0.1) is 0 Å². The lowest BCUT2D eigenvalue weighted by molar-refractivity contribution is 0.527. The van der Waals surface area contributed by atoms with Crippen molar-refractivity contribution >= 4 is 38.4 Å². The van der Waals surface area contributed by atoms with Crippen LogP contribution in [0.3, 0.4) is 0 Å². The van der Waals surface area contributed by atoms with Crippen LogP contribution in [0.25, 0.3) is 22.4 Å². The highest BCUT2D eigenvalue weighted by Crippen LogP contribution is 2.34. The van der Waals surface area contributed by atoms with Gasteiger partial charge in [-0.15, -0.1) is 5.10 Å². The van der Waals surface area contributed by atoms with Gasteiger partial charge < -0.3 is 9.40 Å². The largest absolute Gasteiger partial charge is 0.434 e. The zero-order valence-electron chi connectivity index (χ0n) is 8.25. The highest BCUT2D eigenvalue weighted by molar-refractivity contribution is 9.10. The van der Waals surface area contributed by atoms with Gasteiger partial charge in [0.05, 0.1) is 5.56 Å². The Balaban J connectivity index is 2.35. The Labute approximate surface area is 108 Å². The Morgan fingerprint density at radius 1 is 1.41 bits per heavy atom. The zero-order valence-corrected chi connectivity index (χ0v) is 10.6. The van der Waals surface area contributed by atoms with Crippen LogP contribution in [-0.4, -0.2) is 15.2 Å². The van der Waals surface area contributed by atoms with Crippen LogP contribution in [0.4, 0.5) is 0 Å². The topological polar surface area (TPSA) is 74.7 Å². The van der Waals surface area contributed by atoms with E-state index in [9.17, 15) is 4.79 Å². The van der Waals surface area contributed by atoms with E-state index in [1.54, 1.807) is 18.3 Å². The van der Waals surface area contributed by atoms with Crippen molar-refractivity contribution in [3.63, 3.8) is 0 Å². The summed E-state index contributed by atoms with van der Waals surface area (Å²) in [6.45, 7) is 0. The first-order chi connectivity index (χ1) is 8.15. The Bertz CT molecular complexity index is 758. The lowest BCUT2D eigenvalue weighted by atomic mass is 10.2. The van der Waals surface area contributed by atoms with Gasteiger partial charge in [0, 0.05) is 26.6 Å². The van der Waals surface area contributed by atoms with Gasteiger partial charge >= 0.3 is 5.76 Å². The third-order valence-electron chi connectivity index (χ3n) is 2.36. The van der Waals surface area contributed by atoms with Gasteiger partial charge in [-0.1, -0.05) is 27.5 Å². The summed E-state index contributed by atoms with van der Waals surface area (Å²) in [6.07, 6.45) is 1.71. The predicted octanol–water partition coefficient (Wildman–Crippen LogP) is 2.93. The lowest BCUT2D eigenvalue weighted by Gasteiger charge is -1.98. The lowest BCUT2D eigenvalue weighted by Crippen LogP contribution is -1.93. The molecule has 5 nitrogen and oxygen atoms in total. The Morgan fingerprint density at radius 2 is 2.24 bits per heavy atom. The predicted molar refractivity (Wildman–Crippen MR) is 67.1 cm³/mol. The molecular weight excluding hydrogens is 309 g/mol. The van der Waals surface area contributed by atoms with Crippen molar-refractivity contribution in [3.8, 4) is 11.5 Å². The molecule has 3 aromatic rings. The highest BCUT2D eigenvalue weighted by Gasteiger charge is 2.14. The number of nitrogens with one attached hydrogen (secondary N) is 2. The van der Waals surface area contributed by atoms with Gasteiger partial charge in [0.15, 0.2) is 0 Å². The first-order valence-corrected chi connectivity index (χ1v) is 5.84. The van der Waals surface area contributed by atoms with Crippen LogP contribution in [0.15, 0.2) is 32.0 Å². The molecule has 2 aromatic heterocycles. The number of hydrogen-bond donors (Lipinski definition) is 2. The van der Waals surface area contributed by atoms with Crippen LogP contribution >= 0.6 is 27.5 Å². The van der Waals surface area contributed by atoms with Crippen LogP contribution < -0.4 is 5.76 Å². The number of hydrogen-bond acceptors (Lipinski definition) is 3. The van der Waals surface area contributed by atoms with Crippen molar-refractivity contribution in [3.05, 3.63) is 38.4 Å². The molecule has 0 radical (unpaired) electrons. The molecule has 0 unspecified atom stereocenters. The molecule has 0 aliphatic carbocycles. The van der Waals surface area contributed by atoms with Crippen molar-refractivity contribution in [2.24, 2.45) is 0 Å². The number of nitrogens with zero attached hydrogens (tertiary/aromatic N) is 1. The van der Waals surface area contributed by atoms with E-state index in [4.69, 9.17) is 16.0 Å². The molecule has 7 heteroatoms. The summed E-state index contributed by atoms with van der Waals surface area (Å²) in [4.78, 5) is 14.0. The summed E-state index contributed by atoms with van der Waals surface area (Å²) >= 11 is 9.36. The Hall–Kier alpha value is -1.53. The fraction of sp³-hybridized carbons (Fsp3) is 0. The van der Waals surface area contributed by atoms with Crippen LogP contribution in [-0.2, 0) is 0 Å². The number of rotatable bonds is 1. The fourth-order valence-corrected chi connectivity index (χ4v) is 2.72. The van der Waals surface area contributed by atoms with E-state index in [1.165, 1.54) is 0 Å². The smallest absolute Gasteiger partial charge is 0.388 e. The van der Waals surface area contributed by atoms with Gasteiger partial charge in [0.2, 0.25) is 0 Å². The summed E-state index contributed by atoms with van der Waals surface area (Å²) in [6, 6.07) is 3.56. The van der Waals surface area contributed by atoms with Crippen molar-refractivity contribution in [1.82, 2.24) is 15.2 Å². The zero-order chi connectivity index (χ0) is 12.0. The molecule has 0 spiro atoms. The Kier molecular flexibility index (Phi) is 2.34. The third-order valence-corrected chi connectivity index (χ3v) is 3.21. The molecule has 2 heterocycles. The standard InChI is InChI=1S/C10H5BrClN3O2/c11-6-1-4(12)2-7-8(6)5(3-13-7)9-14-15-10(16)17-9/h1-3,13H,(H,15,16). The maximum Gasteiger partial charge on any atom is 0.434 e. The van der Waals surface area contributed by atoms with E-state index >= 15 is 0 Å². The summed E-state index contributed by atoms with van der Waals surface area (Å²) in [5, 5.41) is 7.50. The molecule has 2 N–H and O–H groups in total. The van der Waals surface area contributed by atoms with E-state index < -0.39 is 5.76 Å². The summed E-state index contributed by atoms with van der Waals surface area (Å²) in [5.41, 5.74) is 1.53. The molecule has 1 aromatic carbocycles. The first kappa shape index (κ1) is 10.6. The minimum absolute atomic E-state index is 0.240. The van der Waals surface area contributed by atoms with Gasteiger partial charge in [0.1, 0.15) is 0 Å². The monoisotopic (exact) mass is 313 g/mol. The van der Waals surface area contributed by atoms with Crippen LogP contribution in [0.1, 0.15) is 0 Å². The van der Waals surface area contributed by atoms with Gasteiger partial charge in [-0.25, -0.2) is 9.89 Å². The van der Waals surface area contributed by atoms with Gasteiger partial charge in [-0.05, 0) is 12.1 Å². The Morgan fingerprint density at radius 3 is 2.94 bits per heavy atom. The van der Waals surface area contributed by atoms with Crippen molar-refractivity contribution in [2.75, 3.05) is 0 Å². The minimum atomic E-state index is -0.584. The van der Waals surface area contributed by atoms with E-state index in [2.05, 4.69) is 31.1 Å². The summed E-state index contributed by atoms with van der Waals surface area (Å²) in [5.74, 6) is -0.344. The number of H-pyrrole nitrogens is 2. The minimum Gasteiger partial charge on any atom is -0.388 e. The summed E-state index contributed by atoms with van der Waals surface area (Å²) in [7, 11) is 0. The molecule has 86 valence electrons. The van der Waals surface area contributed by atoms with Crippen molar-refractivity contribution in [2.45, 2.75) is 0 Å². The maximum atomic E-state index is 10.9. The molecule has 0 aliphatic heterocycles. The highest BCUT2D eigenvalue weighted by atomic mass is 79.9. The quantitative estimate of drug-likeness (QED) is 0.725. The molecule has 0 atom stereocenters. The number of benzene rings is 1. The maximum absolute atomic E-state index is 10.9. The second kappa shape index (κ2) is 3.75. The van der Waals surface area contributed by atoms with Crippen LogP contribution in [0.5, 0.6) is 0 Å². The van der Waals surface area contributed by atoms with E-state index in [0.29, 0.717) is 10.6 Å². The number of aromatic nitrogens is 3. The molecule has 3 rings (SSSR count). The SMILES string of the molecule is O=c1[nH]nc(-c2c[nH]c3cc(Cl)cc(Br)c23)o1. The van der Waals surface area contributed by atoms with Crippen molar-refractivity contribution in [1.29, 1.82) is 0 Å². The normalized spacial score (nSPS) is 11.2. The van der Waals surface area contributed by atoms with E-state index in [1.807, 2.05) is 0 Å². The van der Waals surface area contributed by atoms with Crippen molar-refractivity contribution < 1.29 is 4.42 Å². The van der Waals surface area contributed by atoms with Crippen LogP contribution in [0.2, 0.25) is 5.02 Å². The molecule has 0 amide bonds. The van der Waals surface area contributed by atoms with Gasteiger partial charge in [0.25, 0.3) is 5.89 Å². The van der Waals surface area contributed by atoms with E-state index in [-0.39, 0.29) is 5.89 Å². The molecule has 0 saturated heterocycles. The molecule has 17 heavy (non-hydrogen) atoms. The molecule has 0 saturated carbocycles. The molecule has 0 fully saturated rings. The third kappa shape index (κ3) is 1.69. The summed E-state index contributed by atoms with van der Waals surface area (Å²) < 4.78 is 5.73. The second-order valence-electron chi connectivity index (χ2n) is 3.43. The molecule has 0 bridgehead atoms. The fourth-order valence-electron chi connectivity index (χ4n) is 1.70. The van der Waals surface area contributed by atoms with Gasteiger partial charge in [-0.3, -0.25) is 0 Å². The van der Waals surface area contributed by atoms with E-state index in [0.717, 1.165) is 15.4 Å².